The highest BCUT2D eigenvalue weighted by molar-refractivity contribution is 5.43. The van der Waals surface area contributed by atoms with Crippen LogP contribution in [-0.4, -0.2) is 46.0 Å². The molecular weight excluding hydrogens is 376 g/mol. The number of nitrogens with zero attached hydrogens (tertiary/aromatic N) is 4. The van der Waals surface area contributed by atoms with Gasteiger partial charge in [0.25, 0.3) is 0 Å². The van der Waals surface area contributed by atoms with Gasteiger partial charge in [-0.15, -0.1) is 10.2 Å². The van der Waals surface area contributed by atoms with Crippen LogP contribution >= 0.6 is 0 Å². The molecule has 1 aromatic heterocycles. The average Bonchev–Trinajstić information content (AvgIpc) is 3.37. The molecule has 0 N–H and O–H groups in total. The lowest BCUT2D eigenvalue weighted by molar-refractivity contribution is 0.163. The van der Waals surface area contributed by atoms with Crippen LogP contribution in [0.5, 0.6) is 11.5 Å². The second-order valence-corrected chi connectivity index (χ2v) is 9.91. The fraction of sp³-hybridized carbons (Fsp3) is 0.667. The normalized spacial score (nSPS) is 25.7. The summed E-state index contributed by atoms with van der Waals surface area (Å²) in [5.41, 5.74) is 1.67. The SMILES string of the molecule is c1cc2c(cc1CN1CC(c3nncn3CC3CC3)C3(CCCCC3)C1)OCCO2. The summed E-state index contributed by atoms with van der Waals surface area (Å²) in [5, 5.41) is 9.02. The van der Waals surface area contributed by atoms with Crippen molar-refractivity contribution in [3.8, 4) is 11.5 Å². The van der Waals surface area contributed by atoms with Gasteiger partial charge in [0.15, 0.2) is 11.5 Å². The Kier molecular flexibility index (Phi) is 4.70. The molecule has 4 aliphatic rings. The first-order valence-corrected chi connectivity index (χ1v) is 11.8. The number of hydrogen-bond donors (Lipinski definition) is 0. The molecule has 0 bridgehead atoms. The molecule has 30 heavy (non-hydrogen) atoms. The molecule has 1 atom stereocenters. The van der Waals surface area contributed by atoms with E-state index >= 15 is 0 Å². The molecule has 1 aromatic carbocycles. The van der Waals surface area contributed by atoms with Gasteiger partial charge in [-0.2, -0.15) is 0 Å². The molecule has 3 fully saturated rings. The summed E-state index contributed by atoms with van der Waals surface area (Å²) >= 11 is 0. The minimum atomic E-state index is 0.362. The predicted octanol–water partition coefficient (Wildman–Crippen LogP) is 4.01. The van der Waals surface area contributed by atoms with Crippen LogP contribution in [0.1, 0.15) is 62.3 Å². The highest BCUT2D eigenvalue weighted by Gasteiger charge is 2.49. The highest BCUT2D eigenvalue weighted by Crippen LogP contribution is 2.52. The molecule has 2 aliphatic carbocycles. The van der Waals surface area contributed by atoms with Crippen molar-refractivity contribution in [3.63, 3.8) is 0 Å². The third-order valence-corrected chi connectivity index (χ3v) is 7.69. The van der Waals surface area contributed by atoms with Crippen molar-refractivity contribution in [1.82, 2.24) is 19.7 Å². The Morgan fingerprint density at radius 1 is 1.03 bits per heavy atom. The maximum atomic E-state index is 5.81. The molecule has 2 aliphatic heterocycles. The van der Waals surface area contributed by atoms with Gasteiger partial charge in [-0.1, -0.05) is 25.3 Å². The van der Waals surface area contributed by atoms with Crippen LogP contribution in [0.3, 0.4) is 0 Å². The lowest BCUT2D eigenvalue weighted by Gasteiger charge is -2.38. The molecule has 160 valence electrons. The monoisotopic (exact) mass is 408 g/mol. The molecule has 6 nitrogen and oxygen atoms in total. The molecule has 6 heteroatoms. The van der Waals surface area contributed by atoms with E-state index in [0.717, 1.165) is 37.1 Å². The molecule has 1 unspecified atom stereocenters. The lowest BCUT2D eigenvalue weighted by atomic mass is 9.67. The third-order valence-electron chi connectivity index (χ3n) is 7.69. The standard InChI is InChI=1S/C24H32N4O2/c1-2-8-24(9-3-1)16-27(13-19-6-7-21-22(12-19)30-11-10-29-21)15-20(24)23-26-25-17-28(23)14-18-4-5-18/h6-7,12,17-18,20H,1-5,8-11,13-16H2. The smallest absolute Gasteiger partial charge is 0.161 e. The number of rotatable bonds is 5. The van der Waals surface area contributed by atoms with Gasteiger partial charge in [-0.25, -0.2) is 0 Å². The fourth-order valence-corrected chi connectivity index (χ4v) is 6.01. The van der Waals surface area contributed by atoms with Crippen LogP contribution in [-0.2, 0) is 13.1 Å². The number of fused-ring (bicyclic) bond motifs is 1. The number of likely N-dealkylation sites (tertiary alicyclic amines) is 1. The zero-order chi connectivity index (χ0) is 20.0. The second kappa shape index (κ2) is 7.56. The van der Waals surface area contributed by atoms with Crippen LogP contribution in [0.4, 0.5) is 0 Å². The zero-order valence-corrected chi connectivity index (χ0v) is 17.8. The van der Waals surface area contributed by atoms with Gasteiger partial charge in [0.1, 0.15) is 25.4 Å². The first-order chi connectivity index (χ1) is 14.8. The van der Waals surface area contributed by atoms with E-state index in [1.165, 1.54) is 62.9 Å². The Hall–Kier alpha value is -2.08. The van der Waals surface area contributed by atoms with Crippen LogP contribution in [0, 0.1) is 11.3 Å². The Morgan fingerprint density at radius 2 is 1.87 bits per heavy atom. The summed E-state index contributed by atoms with van der Waals surface area (Å²) in [6.45, 7) is 5.61. The molecule has 1 saturated heterocycles. The van der Waals surface area contributed by atoms with Crippen LogP contribution < -0.4 is 9.47 Å². The summed E-state index contributed by atoms with van der Waals surface area (Å²) in [6.07, 6.45) is 11.4. The fourth-order valence-electron chi connectivity index (χ4n) is 6.01. The molecular formula is C24H32N4O2. The molecule has 6 rings (SSSR count). The van der Waals surface area contributed by atoms with E-state index in [1.807, 2.05) is 6.33 Å². The van der Waals surface area contributed by atoms with Gasteiger partial charge < -0.3 is 14.0 Å². The lowest BCUT2D eigenvalue weighted by Crippen LogP contribution is -2.33. The van der Waals surface area contributed by atoms with Crippen molar-refractivity contribution in [1.29, 1.82) is 0 Å². The van der Waals surface area contributed by atoms with Gasteiger partial charge in [-0.3, -0.25) is 4.90 Å². The predicted molar refractivity (Wildman–Crippen MR) is 114 cm³/mol. The Balaban J connectivity index is 1.25. The summed E-state index contributed by atoms with van der Waals surface area (Å²) in [5.74, 6) is 4.36. The average molecular weight is 409 g/mol. The van der Waals surface area contributed by atoms with Crippen molar-refractivity contribution in [2.75, 3.05) is 26.3 Å². The van der Waals surface area contributed by atoms with Gasteiger partial charge in [-0.05, 0) is 54.7 Å². The van der Waals surface area contributed by atoms with Gasteiger partial charge in [0.05, 0.1) is 0 Å². The topological polar surface area (TPSA) is 52.4 Å². The third kappa shape index (κ3) is 3.49. The summed E-state index contributed by atoms with van der Waals surface area (Å²) in [6, 6.07) is 6.44. The zero-order valence-electron chi connectivity index (χ0n) is 17.8. The van der Waals surface area contributed by atoms with Gasteiger partial charge >= 0.3 is 0 Å². The van der Waals surface area contributed by atoms with E-state index in [9.17, 15) is 0 Å². The van der Waals surface area contributed by atoms with E-state index in [-0.39, 0.29) is 0 Å². The Bertz CT molecular complexity index is 900. The minimum absolute atomic E-state index is 0.362. The largest absolute Gasteiger partial charge is 0.486 e. The summed E-state index contributed by atoms with van der Waals surface area (Å²) in [7, 11) is 0. The summed E-state index contributed by atoms with van der Waals surface area (Å²) < 4.78 is 13.9. The van der Waals surface area contributed by atoms with Crippen molar-refractivity contribution in [2.45, 2.75) is 64.0 Å². The second-order valence-electron chi connectivity index (χ2n) is 9.91. The molecule has 2 aromatic rings. The highest BCUT2D eigenvalue weighted by atomic mass is 16.6. The molecule has 0 radical (unpaired) electrons. The van der Waals surface area contributed by atoms with Crippen LogP contribution in [0.15, 0.2) is 24.5 Å². The van der Waals surface area contributed by atoms with Crippen molar-refractivity contribution in [3.05, 3.63) is 35.9 Å². The Morgan fingerprint density at radius 3 is 2.70 bits per heavy atom. The van der Waals surface area contributed by atoms with Crippen molar-refractivity contribution in [2.24, 2.45) is 11.3 Å². The number of aromatic nitrogens is 3. The first kappa shape index (κ1) is 18.7. The molecule has 3 heterocycles. The summed E-state index contributed by atoms with van der Waals surface area (Å²) in [4.78, 5) is 2.65. The number of hydrogen-bond acceptors (Lipinski definition) is 5. The van der Waals surface area contributed by atoms with E-state index in [2.05, 4.69) is 37.9 Å². The van der Waals surface area contributed by atoms with Gasteiger partial charge in [0, 0.05) is 32.1 Å². The van der Waals surface area contributed by atoms with E-state index in [4.69, 9.17) is 9.47 Å². The van der Waals surface area contributed by atoms with E-state index in [0.29, 0.717) is 24.5 Å². The molecule has 0 amide bonds. The van der Waals surface area contributed by atoms with Crippen LogP contribution in [0.25, 0.3) is 0 Å². The maximum Gasteiger partial charge on any atom is 0.161 e. The van der Waals surface area contributed by atoms with E-state index < -0.39 is 0 Å². The number of ether oxygens (including phenoxy) is 2. The number of benzene rings is 1. The molecule has 2 saturated carbocycles. The van der Waals surface area contributed by atoms with Crippen molar-refractivity contribution < 1.29 is 9.47 Å². The van der Waals surface area contributed by atoms with Gasteiger partial charge in [0.2, 0.25) is 0 Å². The van der Waals surface area contributed by atoms with E-state index in [1.54, 1.807) is 0 Å². The van der Waals surface area contributed by atoms with Crippen molar-refractivity contribution >= 4 is 0 Å². The molecule has 1 spiro atoms. The Labute approximate surface area is 178 Å². The first-order valence-electron chi connectivity index (χ1n) is 11.8. The van der Waals surface area contributed by atoms with Crippen LogP contribution in [0.2, 0.25) is 0 Å². The quantitative estimate of drug-likeness (QED) is 0.748. The minimum Gasteiger partial charge on any atom is -0.486 e. The maximum absolute atomic E-state index is 5.81.